The van der Waals surface area contributed by atoms with Crippen LogP contribution < -0.4 is 4.74 Å². The Morgan fingerprint density at radius 1 is 1.10 bits per heavy atom. The lowest BCUT2D eigenvalue weighted by Gasteiger charge is -2.14. The van der Waals surface area contributed by atoms with Crippen LogP contribution in [0.5, 0.6) is 17.2 Å². The zero-order valence-electron chi connectivity index (χ0n) is 11.7. The van der Waals surface area contributed by atoms with Gasteiger partial charge in [-0.15, -0.1) is 0 Å². The van der Waals surface area contributed by atoms with E-state index in [1.165, 1.54) is 0 Å². The highest BCUT2D eigenvalue weighted by molar-refractivity contribution is 9.11. The summed E-state index contributed by atoms with van der Waals surface area (Å²) in [5.41, 5.74) is 2.02. The number of alkyl halides is 1. The molecular formula is C16H15Br3O2. The molecule has 2 aromatic rings. The van der Waals surface area contributed by atoms with E-state index in [9.17, 15) is 5.11 Å². The molecule has 2 nitrogen and oxygen atoms in total. The molecule has 0 radical (unpaired) electrons. The van der Waals surface area contributed by atoms with Gasteiger partial charge in [-0.25, -0.2) is 0 Å². The summed E-state index contributed by atoms with van der Waals surface area (Å²) in [5.74, 6) is 1.95. The predicted octanol–water partition coefficient (Wildman–Crippen LogP) is 6.73. The van der Waals surface area contributed by atoms with Crippen molar-refractivity contribution in [3.05, 3.63) is 50.4 Å². The number of aromatic hydroxyl groups is 1. The maximum atomic E-state index is 9.87. The molecule has 0 saturated heterocycles. The van der Waals surface area contributed by atoms with Crippen molar-refractivity contribution in [2.45, 2.75) is 25.1 Å². The first-order valence-electron chi connectivity index (χ1n) is 6.47. The van der Waals surface area contributed by atoms with Gasteiger partial charge >= 0.3 is 0 Å². The molecule has 0 unspecified atom stereocenters. The summed E-state index contributed by atoms with van der Waals surface area (Å²) in [5, 5.41) is 10.6. The second-order valence-corrected chi connectivity index (χ2v) is 7.27. The summed E-state index contributed by atoms with van der Waals surface area (Å²) in [4.78, 5) is 0. The smallest absolute Gasteiger partial charge is 0.155 e. The number of hydrogen-bond donors (Lipinski definition) is 1. The topological polar surface area (TPSA) is 29.5 Å². The summed E-state index contributed by atoms with van der Waals surface area (Å²) >= 11 is 10.5. The Morgan fingerprint density at radius 2 is 1.71 bits per heavy atom. The van der Waals surface area contributed by atoms with Crippen LogP contribution in [0.3, 0.4) is 0 Å². The van der Waals surface area contributed by atoms with Gasteiger partial charge in [0.1, 0.15) is 11.5 Å². The molecule has 5 heteroatoms. The first-order valence-corrected chi connectivity index (χ1v) is 9.17. The van der Waals surface area contributed by atoms with Crippen molar-refractivity contribution in [1.82, 2.24) is 0 Å². The monoisotopic (exact) mass is 476 g/mol. The molecule has 0 bridgehead atoms. The molecule has 0 aliphatic carbocycles. The van der Waals surface area contributed by atoms with Crippen molar-refractivity contribution in [3.8, 4) is 17.2 Å². The van der Waals surface area contributed by atoms with Crippen molar-refractivity contribution in [3.63, 3.8) is 0 Å². The van der Waals surface area contributed by atoms with Gasteiger partial charge in [0.05, 0.1) is 8.95 Å². The molecule has 0 atom stereocenters. The number of halogens is 3. The van der Waals surface area contributed by atoms with Crippen LogP contribution in [0.25, 0.3) is 0 Å². The molecule has 112 valence electrons. The van der Waals surface area contributed by atoms with E-state index in [2.05, 4.69) is 47.8 Å². The lowest BCUT2D eigenvalue weighted by molar-refractivity contribution is 0.453. The normalized spacial score (nSPS) is 11.0. The van der Waals surface area contributed by atoms with Crippen molar-refractivity contribution in [1.29, 1.82) is 0 Å². The molecule has 0 spiro atoms. The lowest BCUT2D eigenvalue weighted by atomic mass is 10.0. The highest BCUT2D eigenvalue weighted by Gasteiger charge is 2.12. The first kappa shape index (κ1) is 16.8. The molecule has 0 aromatic heterocycles. The van der Waals surface area contributed by atoms with Gasteiger partial charge in [0, 0.05) is 10.9 Å². The van der Waals surface area contributed by atoms with Crippen molar-refractivity contribution in [2.24, 2.45) is 0 Å². The number of benzene rings is 2. The summed E-state index contributed by atoms with van der Waals surface area (Å²) in [6.45, 7) is 4.07. The van der Waals surface area contributed by atoms with Gasteiger partial charge in [0.25, 0.3) is 0 Å². The second kappa shape index (κ2) is 7.16. The standard InChI is InChI=1S/C16H15Br3O2/c1-9(2)12-7-11(3-4-15(12)20)21-16-13(18)5-10(8-17)6-14(16)19/h3-7,9,20H,8H2,1-2H3. The van der Waals surface area contributed by atoms with Crippen molar-refractivity contribution in [2.75, 3.05) is 0 Å². The Balaban J connectivity index is 2.37. The molecule has 21 heavy (non-hydrogen) atoms. The Bertz CT molecular complexity index is 631. The van der Waals surface area contributed by atoms with Crippen LogP contribution >= 0.6 is 47.8 Å². The molecule has 0 saturated carbocycles. The fraction of sp³-hybridized carbons (Fsp3) is 0.250. The van der Waals surface area contributed by atoms with E-state index >= 15 is 0 Å². The fourth-order valence-corrected chi connectivity index (χ4v) is 3.73. The summed E-state index contributed by atoms with van der Waals surface area (Å²) in [6.07, 6.45) is 0. The highest BCUT2D eigenvalue weighted by atomic mass is 79.9. The zero-order valence-corrected chi connectivity index (χ0v) is 16.4. The second-order valence-electron chi connectivity index (χ2n) is 5.00. The van der Waals surface area contributed by atoms with Gasteiger partial charge in [-0.1, -0.05) is 29.8 Å². The van der Waals surface area contributed by atoms with Gasteiger partial charge in [-0.05, 0) is 73.7 Å². The average molecular weight is 479 g/mol. The first-order chi connectivity index (χ1) is 9.92. The Labute approximate surface area is 149 Å². The van der Waals surface area contributed by atoms with Gasteiger partial charge in [-0.2, -0.15) is 0 Å². The summed E-state index contributed by atoms with van der Waals surface area (Å²) in [7, 11) is 0. The number of ether oxygens (including phenoxy) is 1. The van der Waals surface area contributed by atoms with Crippen LogP contribution in [-0.2, 0) is 5.33 Å². The molecule has 0 fully saturated rings. The molecule has 2 rings (SSSR count). The number of hydrogen-bond acceptors (Lipinski definition) is 2. The maximum Gasteiger partial charge on any atom is 0.155 e. The number of rotatable bonds is 4. The van der Waals surface area contributed by atoms with Crippen molar-refractivity contribution >= 4 is 47.8 Å². The van der Waals surface area contributed by atoms with Crippen LogP contribution in [0.4, 0.5) is 0 Å². The third kappa shape index (κ3) is 4.02. The van der Waals surface area contributed by atoms with Gasteiger partial charge in [-0.3, -0.25) is 0 Å². The minimum atomic E-state index is 0.233. The molecule has 0 aliphatic heterocycles. The van der Waals surface area contributed by atoms with Crippen molar-refractivity contribution < 1.29 is 9.84 Å². The van der Waals surface area contributed by atoms with E-state index in [-0.39, 0.29) is 5.92 Å². The fourth-order valence-electron chi connectivity index (χ4n) is 1.96. The Hall–Kier alpha value is -0.520. The lowest BCUT2D eigenvalue weighted by Crippen LogP contribution is -1.93. The van der Waals surface area contributed by atoms with Gasteiger partial charge in [0.2, 0.25) is 0 Å². The Kier molecular flexibility index (Phi) is 5.74. The molecule has 1 N–H and O–H groups in total. The van der Waals surface area contributed by atoms with E-state index in [1.54, 1.807) is 12.1 Å². The molecule has 0 heterocycles. The largest absolute Gasteiger partial charge is 0.508 e. The van der Waals surface area contributed by atoms with E-state index < -0.39 is 0 Å². The Morgan fingerprint density at radius 3 is 2.24 bits per heavy atom. The number of phenolic OH excluding ortho intramolecular Hbond substituents is 1. The SMILES string of the molecule is CC(C)c1cc(Oc2c(Br)cc(CBr)cc2Br)ccc1O. The van der Waals surface area contributed by atoms with Crippen LogP contribution in [0.2, 0.25) is 0 Å². The van der Waals surface area contributed by atoms with Crippen LogP contribution in [-0.4, -0.2) is 5.11 Å². The van der Waals surface area contributed by atoms with E-state index in [4.69, 9.17) is 4.74 Å². The van der Waals surface area contributed by atoms with E-state index in [1.807, 2.05) is 32.0 Å². The summed E-state index contributed by atoms with van der Waals surface area (Å²) < 4.78 is 7.73. The average Bonchev–Trinajstić information content (AvgIpc) is 2.43. The molecule has 0 amide bonds. The predicted molar refractivity (Wildman–Crippen MR) is 96.7 cm³/mol. The van der Waals surface area contributed by atoms with Crippen LogP contribution in [0, 0.1) is 0 Å². The molecular weight excluding hydrogens is 464 g/mol. The minimum Gasteiger partial charge on any atom is -0.508 e. The molecule has 0 aliphatic rings. The quantitative estimate of drug-likeness (QED) is 0.494. The zero-order chi connectivity index (χ0) is 15.6. The van der Waals surface area contributed by atoms with Crippen LogP contribution in [0.15, 0.2) is 39.3 Å². The third-order valence-electron chi connectivity index (χ3n) is 3.05. The highest BCUT2D eigenvalue weighted by Crippen LogP contribution is 2.39. The molecule has 2 aromatic carbocycles. The van der Waals surface area contributed by atoms with Gasteiger partial charge in [0.15, 0.2) is 5.75 Å². The minimum absolute atomic E-state index is 0.233. The third-order valence-corrected chi connectivity index (χ3v) is 4.88. The van der Waals surface area contributed by atoms with Gasteiger partial charge < -0.3 is 9.84 Å². The summed E-state index contributed by atoms with van der Waals surface area (Å²) in [6, 6.07) is 9.33. The number of phenols is 1. The van der Waals surface area contributed by atoms with E-state index in [0.717, 1.165) is 31.2 Å². The maximum absolute atomic E-state index is 9.87. The van der Waals surface area contributed by atoms with Crippen LogP contribution in [0.1, 0.15) is 30.9 Å². The van der Waals surface area contributed by atoms with E-state index in [0.29, 0.717) is 11.5 Å².